The zero-order valence-electron chi connectivity index (χ0n) is 10.3. The van der Waals surface area contributed by atoms with Crippen molar-refractivity contribution in [2.75, 3.05) is 6.61 Å². The van der Waals surface area contributed by atoms with Crippen LogP contribution in [0.1, 0.15) is 12.5 Å². The van der Waals surface area contributed by atoms with E-state index in [-0.39, 0.29) is 5.82 Å². The number of para-hydroxylation sites is 1. The zero-order valence-corrected chi connectivity index (χ0v) is 10.3. The van der Waals surface area contributed by atoms with Crippen molar-refractivity contribution < 1.29 is 9.13 Å². The van der Waals surface area contributed by atoms with Crippen LogP contribution in [0.3, 0.4) is 0 Å². The van der Waals surface area contributed by atoms with Crippen molar-refractivity contribution in [3.05, 3.63) is 53.8 Å². The van der Waals surface area contributed by atoms with Gasteiger partial charge in [-0.15, -0.1) is 0 Å². The van der Waals surface area contributed by atoms with E-state index in [1.807, 2.05) is 31.2 Å². The maximum Gasteiger partial charge on any atom is 0.127 e. The van der Waals surface area contributed by atoms with Crippen LogP contribution in [0.4, 0.5) is 4.39 Å². The number of hydrogen-bond donors (Lipinski definition) is 1. The summed E-state index contributed by atoms with van der Waals surface area (Å²) in [7, 11) is 0. The molecule has 3 heteroatoms. The largest absolute Gasteiger partial charge is 0.493 e. The number of hydrogen-bond acceptors (Lipinski definition) is 2. The highest BCUT2D eigenvalue weighted by Crippen LogP contribution is 2.32. The second kappa shape index (κ2) is 5.65. The van der Waals surface area contributed by atoms with E-state index in [1.54, 1.807) is 6.07 Å². The molecule has 0 fully saturated rings. The van der Waals surface area contributed by atoms with Crippen LogP contribution >= 0.6 is 0 Å². The second-order valence-electron chi connectivity index (χ2n) is 3.93. The molecule has 2 N–H and O–H groups in total. The Morgan fingerprint density at radius 3 is 2.61 bits per heavy atom. The van der Waals surface area contributed by atoms with Crippen molar-refractivity contribution in [2.24, 2.45) is 5.73 Å². The molecule has 0 spiro atoms. The van der Waals surface area contributed by atoms with Gasteiger partial charge in [-0.25, -0.2) is 4.39 Å². The van der Waals surface area contributed by atoms with Crippen molar-refractivity contribution in [3.8, 4) is 16.9 Å². The molecule has 0 aliphatic rings. The molecule has 0 bridgehead atoms. The Morgan fingerprint density at radius 1 is 1.11 bits per heavy atom. The fourth-order valence-electron chi connectivity index (χ4n) is 1.96. The third-order valence-corrected chi connectivity index (χ3v) is 2.76. The third kappa shape index (κ3) is 2.51. The summed E-state index contributed by atoms with van der Waals surface area (Å²) < 4.78 is 18.8. The standard InChI is InChI=1S/C15H16FNO/c1-2-18-15-6-4-3-5-14(15)13-8-7-12(16)9-11(13)10-17/h3-9H,2,10,17H2,1H3. The van der Waals surface area contributed by atoms with E-state index < -0.39 is 0 Å². The fraction of sp³-hybridized carbons (Fsp3) is 0.200. The van der Waals surface area contributed by atoms with Crippen LogP contribution < -0.4 is 10.5 Å². The molecule has 94 valence electrons. The Morgan fingerprint density at radius 2 is 1.89 bits per heavy atom. The Bertz CT molecular complexity index is 540. The average Bonchev–Trinajstić information content (AvgIpc) is 2.40. The highest BCUT2D eigenvalue weighted by atomic mass is 19.1. The Labute approximate surface area is 106 Å². The molecular formula is C15H16FNO. The summed E-state index contributed by atoms with van der Waals surface area (Å²) in [6, 6.07) is 12.4. The molecule has 0 heterocycles. The maximum absolute atomic E-state index is 13.2. The molecule has 2 nitrogen and oxygen atoms in total. The first-order chi connectivity index (χ1) is 8.76. The molecule has 18 heavy (non-hydrogen) atoms. The summed E-state index contributed by atoms with van der Waals surface area (Å²) in [4.78, 5) is 0. The zero-order chi connectivity index (χ0) is 13.0. The predicted octanol–water partition coefficient (Wildman–Crippen LogP) is 3.35. The number of ether oxygens (including phenoxy) is 1. The van der Waals surface area contributed by atoms with Gasteiger partial charge in [0.25, 0.3) is 0 Å². The summed E-state index contributed by atoms with van der Waals surface area (Å²) in [5.74, 6) is 0.523. The van der Waals surface area contributed by atoms with Crippen LogP contribution in [0.5, 0.6) is 5.75 Å². The van der Waals surface area contributed by atoms with Crippen molar-refractivity contribution >= 4 is 0 Å². The minimum atomic E-state index is -0.270. The van der Waals surface area contributed by atoms with E-state index in [9.17, 15) is 4.39 Å². The molecule has 0 unspecified atom stereocenters. The smallest absolute Gasteiger partial charge is 0.127 e. The predicted molar refractivity (Wildman–Crippen MR) is 70.9 cm³/mol. The number of nitrogens with two attached hydrogens (primary N) is 1. The quantitative estimate of drug-likeness (QED) is 0.896. The van der Waals surface area contributed by atoms with Crippen molar-refractivity contribution in [2.45, 2.75) is 13.5 Å². The summed E-state index contributed by atoms with van der Waals surface area (Å²) in [5, 5.41) is 0. The summed E-state index contributed by atoms with van der Waals surface area (Å²) in [6.07, 6.45) is 0. The van der Waals surface area contributed by atoms with Gasteiger partial charge < -0.3 is 10.5 Å². The lowest BCUT2D eigenvalue weighted by Gasteiger charge is -2.13. The van der Waals surface area contributed by atoms with Crippen molar-refractivity contribution in [1.82, 2.24) is 0 Å². The van der Waals surface area contributed by atoms with Gasteiger partial charge in [-0.2, -0.15) is 0 Å². The van der Waals surface area contributed by atoms with Gasteiger partial charge in [-0.3, -0.25) is 0 Å². The van der Waals surface area contributed by atoms with Gasteiger partial charge in [-0.05, 0) is 36.2 Å². The van der Waals surface area contributed by atoms with E-state index >= 15 is 0 Å². The molecule has 0 saturated heterocycles. The van der Waals surface area contributed by atoms with Crippen LogP contribution in [0, 0.1) is 5.82 Å². The first-order valence-corrected chi connectivity index (χ1v) is 5.97. The number of benzene rings is 2. The van der Waals surface area contributed by atoms with E-state index in [2.05, 4.69) is 0 Å². The van der Waals surface area contributed by atoms with E-state index in [4.69, 9.17) is 10.5 Å². The van der Waals surface area contributed by atoms with Gasteiger partial charge in [0.2, 0.25) is 0 Å². The Balaban J connectivity index is 2.54. The first kappa shape index (κ1) is 12.6. The Hall–Kier alpha value is -1.87. The molecule has 2 aromatic rings. The highest BCUT2D eigenvalue weighted by Gasteiger charge is 2.10. The normalized spacial score (nSPS) is 10.4. The molecule has 0 amide bonds. The molecule has 2 aromatic carbocycles. The number of halogens is 1. The molecule has 0 aliphatic heterocycles. The van der Waals surface area contributed by atoms with Gasteiger partial charge in [0.1, 0.15) is 11.6 Å². The molecule has 0 radical (unpaired) electrons. The second-order valence-corrected chi connectivity index (χ2v) is 3.93. The monoisotopic (exact) mass is 245 g/mol. The van der Waals surface area contributed by atoms with Crippen LogP contribution in [-0.4, -0.2) is 6.61 Å². The summed E-state index contributed by atoms with van der Waals surface area (Å²) >= 11 is 0. The molecule has 0 atom stereocenters. The van der Waals surface area contributed by atoms with Gasteiger partial charge >= 0.3 is 0 Å². The molecule has 0 saturated carbocycles. The topological polar surface area (TPSA) is 35.2 Å². The minimum absolute atomic E-state index is 0.270. The molecule has 0 aromatic heterocycles. The van der Waals surface area contributed by atoms with Crippen LogP contribution in [-0.2, 0) is 6.54 Å². The van der Waals surface area contributed by atoms with Crippen LogP contribution in [0.15, 0.2) is 42.5 Å². The van der Waals surface area contributed by atoms with Gasteiger partial charge in [0, 0.05) is 12.1 Å². The van der Waals surface area contributed by atoms with Gasteiger partial charge in [0.05, 0.1) is 6.61 Å². The SMILES string of the molecule is CCOc1ccccc1-c1ccc(F)cc1CN. The van der Waals surface area contributed by atoms with Crippen molar-refractivity contribution in [3.63, 3.8) is 0 Å². The highest BCUT2D eigenvalue weighted by molar-refractivity contribution is 5.73. The fourth-order valence-corrected chi connectivity index (χ4v) is 1.96. The average molecular weight is 245 g/mol. The minimum Gasteiger partial charge on any atom is -0.493 e. The molecular weight excluding hydrogens is 229 g/mol. The van der Waals surface area contributed by atoms with Gasteiger partial charge in [-0.1, -0.05) is 24.3 Å². The maximum atomic E-state index is 13.2. The Kier molecular flexibility index (Phi) is 3.95. The van der Waals surface area contributed by atoms with Crippen LogP contribution in [0.25, 0.3) is 11.1 Å². The lowest BCUT2D eigenvalue weighted by molar-refractivity contribution is 0.341. The lowest BCUT2D eigenvalue weighted by atomic mass is 9.98. The van der Waals surface area contributed by atoms with E-state index in [1.165, 1.54) is 12.1 Å². The molecule has 2 rings (SSSR count). The lowest BCUT2D eigenvalue weighted by Crippen LogP contribution is -2.01. The summed E-state index contributed by atoms with van der Waals surface area (Å²) in [6.45, 7) is 2.83. The van der Waals surface area contributed by atoms with Gasteiger partial charge in [0.15, 0.2) is 0 Å². The van der Waals surface area contributed by atoms with E-state index in [0.717, 1.165) is 22.4 Å². The number of rotatable bonds is 4. The first-order valence-electron chi connectivity index (χ1n) is 5.97. The van der Waals surface area contributed by atoms with Crippen LogP contribution in [0.2, 0.25) is 0 Å². The van der Waals surface area contributed by atoms with E-state index in [0.29, 0.717) is 13.2 Å². The van der Waals surface area contributed by atoms with Crippen molar-refractivity contribution in [1.29, 1.82) is 0 Å². The summed E-state index contributed by atoms with van der Waals surface area (Å²) in [5.41, 5.74) is 8.32. The molecule has 0 aliphatic carbocycles. The third-order valence-electron chi connectivity index (χ3n) is 2.76.